The molecule has 1 aromatic heterocycles. The predicted molar refractivity (Wildman–Crippen MR) is 70.7 cm³/mol. The summed E-state index contributed by atoms with van der Waals surface area (Å²) in [6.45, 7) is 3.40. The monoisotopic (exact) mass is 283 g/mol. The molecule has 3 nitrogen and oxygen atoms in total. The zero-order valence-corrected chi connectivity index (χ0v) is 11.1. The van der Waals surface area contributed by atoms with E-state index in [-0.39, 0.29) is 0 Å². The number of nitrogens with one attached hydrogen (secondary N) is 2. The molecule has 0 saturated carbocycles. The summed E-state index contributed by atoms with van der Waals surface area (Å²) in [6, 6.07) is 5.18. The Hall–Kier alpha value is -0.610. The summed E-state index contributed by atoms with van der Waals surface area (Å²) in [5.74, 6) is 0. The highest BCUT2D eigenvalue weighted by molar-refractivity contribution is 9.10. The third-order valence-electron chi connectivity index (χ3n) is 2.94. The molecule has 1 aliphatic heterocycles. The molecule has 16 heavy (non-hydrogen) atoms. The molecule has 2 heterocycles. The summed E-state index contributed by atoms with van der Waals surface area (Å²) in [4.78, 5) is 4.20. The van der Waals surface area contributed by atoms with Crippen molar-refractivity contribution in [3.05, 3.63) is 22.9 Å². The maximum Gasteiger partial charge on any atom is 0.106 e. The summed E-state index contributed by atoms with van der Waals surface area (Å²) in [6.07, 6.45) is 5.67. The number of halogens is 1. The molecule has 0 bridgehead atoms. The zero-order valence-electron chi connectivity index (χ0n) is 9.54. The normalized spacial score (nSPS) is 22.0. The minimum atomic E-state index is 0.485. The van der Waals surface area contributed by atoms with Crippen molar-refractivity contribution in [2.24, 2.45) is 0 Å². The Kier molecular flexibility index (Phi) is 4.18. The quantitative estimate of drug-likeness (QED) is 0.835. The standard InChI is InChI=1S/C12H18BrN3/c1-9(7-10-3-2-6-14-10)16-11-4-5-12(13)15-8-11/h4-5,8-10,14,16H,2-3,6-7H2,1H3. The second-order valence-corrected chi connectivity index (χ2v) is 5.26. The average Bonchev–Trinajstić information content (AvgIpc) is 2.74. The minimum absolute atomic E-state index is 0.485. The van der Waals surface area contributed by atoms with E-state index in [1.54, 1.807) is 0 Å². The van der Waals surface area contributed by atoms with Crippen molar-refractivity contribution in [2.45, 2.75) is 38.3 Å². The van der Waals surface area contributed by atoms with Crippen LogP contribution in [-0.4, -0.2) is 23.6 Å². The second-order valence-electron chi connectivity index (χ2n) is 4.44. The molecule has 1 aromatic rings. The number of pyridine rings is 1. The van der Waals surface area contributed by atoms with Crippen LogP contribution in [0, 0.1) is 0 Å². The number of aromatic nitrogens is 1. The Morgan fingerprint density at radius 2 is 2.50 bits per heavy atom. The molecule has 0 amide bonds. The van der Waals surface area contributed by atoms with Crippen LogP contribution in [-0.2, 0) is 0 Å². The molecule has 0 radical (unpaired) electrons. The van der Waals surface area contributed by atoms with Crippen molar-refractivity contribution in [1.82, 2.24) is 10.3 Å². The van der Waals surface area contributed by atoms with Crippen LogP contribution in [0.15, 0.2) is 22.9 Å². The van der Waals surface area contributed by atoms with Gasteiger partial charge in [-0.1, -0.05) is 0 Å². The molecule has 0 aliphatic carbocycles. The number of anilines is 1. The number of hydrogen-bond acceptors (Lipinski definition) is 3. The first-order valence-electron chi connectivity index (χ1n) is 5.85. The Balaban J connectivity index is 1.81. The lowest BCUT2D eigenvalue weighted by atomic mass is 10.1. The molecule has 2 rings (SSSR count). The van der Waals surface area contributed by atoms with Crippen LogP contribution < -0.4 is 10.6 Å². The summed E-state index contributed by atoms with van der Waals surface area (Å²) in [5.41, 5.74) is 1.09. The van der Waals surface area contributed by atoms with Crippen LogP contribution in [0.5, 0.6) is 0 Å². The van der Waals surface area contributed by atoms with Crippen molar-refractivity contribution >= 4 is 21.6 Å². The molecule has 2 atom stereocenters. The highest BCUT2D eigenvalue weighted by Gasteiger charge is 2.16. The van der Waals surface area contributed by atoms with Crippen molar-refractivity contribution in [2.75, 3.05) is 11.9 Å². The predicted octanol–water partition coefficient (Wildman–Crippen LogP) is 2.79. The Morgan fingerprint density at radius 3 is 3.12 bits per heavy atom. The van der Waals surface area contributed by atoms with Gasteiger partial charge in [0.1, 0.15) is 4.60 Å². The van der Waals surface area contributed by atoms with Crippen molar-refractivity contribution in [3.63, 3.8) is 0 Å². The van der Waals surface area contributed by atoms with Crippen LogP contribution in [0.4, 0.5) is 5.69 Å². The summed E-state index contributed by atoms with van der Waals surface area (Å²) < 4.78 is 0.878. The van der Waals surface area contributed by atoms with E-state index >= 15 is 0 Å². The van der Waals surface area contributed by atoms with Gasteiger partial charge in [0.05, 0.1) is 11.9 Å². The van der Waals surface area contributed by atoms with Gasteiger partial charge in [-0.3, -0.25) is 0 Å². The molecule has 1 aliphatic rings. The van der Waals surface area contributed by atoms with E-state index in [0.717, 1.165) is 10.3 Å². The average molecular weight is 284 g/mol. The number of hydrogen-bond donors (Lipinski definition) is 2. The maximum atomic E-state index is 4.20. The van der Waals surface area contributed by atoms with Crippen LogP contribution in [0.2, 0.25) is 0 Å². The largest absolute Gasteiger partial charge is 0.381 e. The van der Waals surface area contributed by atoms with Crippen LogP contribution in [0.25, 0.3) is 0 Å². The molecule has 1 saturated heterocycles. The molecule has 4 heteroatoms. The lowest BCUT2D eigenvalue weighted by molar-refractivity contribution is 0.523. The third-order valence-corrected chi connectivity index (χ3v) is 3.41. The molecule has 1 fully saturated rings. The molecule has 0 spiro atoms. The molecule has 2 unspecified atom stereocenters. The first-order valence-corrected chi connectivity index (χ1v) is 6.65. The molecule has 2 N–H and O–H groups in total. The van der Waals surface area contributed by atoms with Gasteiger partial charge in [0.25, 0.3) is 0 Å². The van der Waals surface area contributed by atoms with Crippen LogP contribution >= 0.6 is 15.9 Å². The number of nitrogens with zero attached hydrogens (tertiary/aromatic N) is 1. The summed E-state index contributed by atoms with van der Waals surface area (Å²) >= 11 is 3.33. The highest BCUT2D eigenvalue weighted by Crippen LogP contribution is 2.15. The first kappa shape index (κ1) is 11.9. The minimum Gasteiger partial charge on any atom is -0.381 e. The van der Waals surface area contributed by atoms with Gasteiger partial charge < -0.3 is 10.6 Å². The van der Waals surface area contributed by atoms with Gasteiger partial charge in [0.2, 0.25) is 0 Å². The third kappa shape index (κ3) is 3.46. The van der Waals surface area contributed by atoms with E-state index in [1.807, 2.05) is 12.3 Å². The molecule has 88 valence electrons. The van der Waals surface area contributed by atoms with Crippen molar-refractivity contribution in [1.29, 1.82) is 0 Å². The smallest absolute Gasteiger partial charge is 0.106 e. The summed E-state index contributed by atoms with van der Waals surface area (Å²) in [7, 11) is 0. The van der Waals surface area contributed by atoms with E-state index in [0.29, 0.717) is 12.1 Å². The van der Waals surface area contributed by atoms with Crippen molar-refractivity contribution < 1.29 is 0 Å². The molecular weight excluding hydrogens is 266 g/mol. The van der Waals surface area contributed by atoms with E-state index in [9.17, 15) is 0 Å². The van der Waals surface area contributed by atoms with Gasteiger partial charge in [-0.25, -0.2) is 4.98 Å². The van der Waals surface area contributed by atoms with Gasteiger partial charge in [-0.05, 0) is 60.8 Å². The van der Waals surface area contributed by atoms with E-state index in [4.69, 9.17) is 0 Å². The second kappa shape index (κ2) is 5.64. The Labute approximate surface area is 105 Å². The van der Waals surface area contributed by atoms with Gasteiger partial charge in [0.15, 0.2) is 0 Å². The first-order chi connectivity index (χ1) is 7.74. The molecule has 0 aromatic carbocycles. The SMILES string of the molecule is CC(CC1CCCN1)Nc1ccc(Br)nc1. The highest BCUT2D eigenvalue weighted by atomic mass is 79.9. The fourth-order valence-corrected chi connectivity index (χ4v) is 2.42. The van der Waals surface area contributed by atoms with Gasteiger partial charge >= 0.3 is 0 Å². The van der Waals surface area contributed by atoms with Gasteiger partial charge in [-0.15, -0.1) is 0 Å². The molecular formula is C12H18BrN3. The number of rotatable bonds is 4. The lowest BCUT2D eigenvalue weighted by Gasteiger charge is -2.19. The van der Waals surface area contributed by atoms with Gasteiger partial charge in [0, 0.05) is 12.1 Å². The fraction of sp³-hybridized carbons (Fsp3) is 0.583. The van der Waals surface area contributed by atoms with Crippen molar-refractivity contribution in [3.8, 4) is 0 Å². The summed E-state index contributed by atoms with van der Waals surface area (Å²) in [5, 5.41) is 6.99. The van der Waals surface area contributed by atoms with E-state index in [1.165, 1.54) is 25.8 Å². The van der Waals surface area contributed by atoms with E-state index < -0.39 is 0 Å². The fourth-order valence-electron chi connectivity index (χ4n) is 2.19. The topological polar surface area (TPSA) is 37.0 Å². The Morgan fingerprint density at radius 1 is 1.62 bits per heavy atom. The lowest BCUT2D eigenvalue weighted by Crippen LogP contribution is -2.29. The van der Waals surface area contributed by atoms with E-state index in [2.05, 4.69) is 44.5 Å². The zero-order chi connectivity index (χ0) is 11.4. The maximum absolute atomic E-state index is 4.20. The van der Waals surface area contributed by atoms with Crippen LogP contribution in [0.3, 0.4) is 0 Å². The van der Waals surface area contributed by atoms with Crippen LogP contribution in [0.1, 0.15) is 26.2 Å². The van der Waals surface area contributed by atoms with Gasteiger partial charge in [-0.2, -0.15) is 0 Å². The Bertz CT molecular complexity index is 320.